The van der Waals surface area contributed by atoms with Crippen LogP contribution in [0.25, 0.3) is 0 Å². The third-order valence-corrected chi connectivity index (χ3v) is 1.04. The van der Waals surface area contributed by atoms with Crippen LogP contribution in [0.5, 0.6) is 0 Å². The van der Waals surface area contributed by atoms with E-state index in [0.717, 1.165) is 19.3 Å². The van der Waals surface area contributed by atoms with E-state index in [1.807, 2.05) is 0 Å². The number of hydrogen-bond donors (Lipinski definition) is 2. The molecule has 0 atom stereocenters. The third kappa shape index (κ3) is 7.23. The average Bonchev–Trinajstić information content (AvgIpc) is 1.87. The van der Waals surface area contributed by atoms with Gasteiger partial charge < -0.3 is 9.94 Å². The van der Waals surface area contributed by atoms with E-state index in [4.69, 9.17) is 5.11 Å². The van der Waals surface area contributed by atoms with Gasteiger partial charge in [-0.3, -0.25) is 0 Å². The minimum Gasteiger partial charge on any atom is -0.448 e. The Kier molecular flexibility index (Phi) is 5.86. The lowest BCUT2D eigenvalue weighted by molar-refractivity contribution is 0.0437. The summed E-state index contributed by atoms with van der Waals surface area (Å²) in [5.41, 5.74) is 2.32. The monoisotopic (exact) mass is 147 g/mol. The molecule has 0 radical (unpaired) electrons. The van der Waals surface area contributed by atoms with E-state index in [-0.39, 0.29) is 0 Å². The van der Waals surface area contributed by atoms with Crippen LogP contribution in [0.15, 0.2) is 0 Å². The molecule has 0 amide bonds. The van der Waals surface area contributed by atoms with Crippen LogP contribution < -0.4 is 5.48 Å². The predicted octanol–water partition coefficient (Wildman–Crippen LogP) is 1.38. The molecule has 0 aliphatic carbocycles. The van der Waals surface area contributed by atoms with E-state index in [1.54, 1.807) is 0 Å². The second-order valence-electron chi connectivity index (χ2n) is 1.97. The van der Waals surface area contributed by atoms with Crippen molar-refractivity contribution in [2.24, 2.45) is 0 Å². The summed E-state index contributed by atoms with van der Waals surface area (Å²) in [6.45, 7) is 2.68. The molecular weight excluding hydrogens is 134 g/mol. The molecule has 4 nitrogen and oxygen atoms in total. The Balaban J connectivity index is 2.84. The molecule has 0 saturated heterocycles. The van der Waals surface area contributed by atoms with Crippen LogP contribution in [0.2, 0.25) is 0 Å². The van der Waals surface area contributed by atoms with Crippen LogP contribution in [-0.4, -0.2) is 17.8 Å². The average molecular weight is 147 g/mol. The fourth-order valence-corrected chi connectivity index (χ4v) is 0.560. The van der Waals surface area contributed by atoms with Crippen LogP contribution >= 0.6 is 0 Å². The number of unbranched alkanes of at least 4 members (excludes halogenated alkanes) is 2. The summed E-state index contributed by atoms with van der Waals surface area (Å²) in [4.78, 5) is 13.8. The van der Waals surface area contributed by atoms with Gasteiger partial charge in [-0.25, -0.2) is 4.79 Å². The Bertz CT molecular complexity index is 95.0. The van der Waals surface area contributed by atoms with Crippen LogP contribution in [-0.2, 0) is 4.84 Å². The molecule has 0 unspecified atom stereocenters. The molecule has 0 fully saturated rings. The van der Waals surface area contributed by atoms with Crippen LogP contribution in [0.3, 0.4) is 0 Å². The Morgan fingerprint density at radius 3 is 2.80 bits per heavy atom. The summed E-state index contributed by atoms with van der Waals surface area (Å²) in [5, 5.41) is 7.99. The zero-order chi connectivity index (χ0) is 7.82. The summed E-state index contributed by atoms with van der Waals surface area (Å²) in [6, 6.07) is 0. The molecule has 0 aliphatic rings. The van der Waals surface area contributed by atoms with Gasteiger partial charge in [-0.05, 0) is 6.42 Å². The van der Waals surface area contributed by atoms with Gasteiger partial charge >= 0.3 is 6.16 Å². The quantitative estimate of drug-likeness (QED) is 0.455. The highest BCUT2D eigenvalue weighted by molar-refractivity contribution is 5.56. The van der Waals surface area contributed by atoms with Gasteiger partial charge in [-0.2, -0.15) is 5.48 Å². The van der Waals surface area contributed by atoms with Crippen LogP contribution in [0, 0.1) is 0 Å². The molecule has 0 rings (SSSR count). The normalized spacial score (nSPS) is 9.30. The van der Waals surface area contributed by atoms with Crippen LogP contribution in [0.1, 0.15) is 26.2 Å². The highest BCUT2D eigenvalue weighted by Crippen LogP contribution is 1.90. The highest BCUT2D eigenvalue weighted by atomic mass is 16.8. The maximum Gasteiger partial charge on any atom is 0.525 e. The third-order valence-electron chi connectivity index (χ3n) is 1.04. The number of hydroxylamine groups is 1. The van der Waals surface area contributed by atoms with Crippen molar-refractivity contribution in [3.8, 4) is 0 Å². The van der Waals surface area contributed by atoms with Gasteiger partial charge in [0.05, 0.1) is 0 Å². The van der Waals surface area contributed by atoms with Crippen molar-refractivity contribution in [3.63, 3.8) is 0 Å². The maximum absolute atomic E-state index is 9.75. The smallest absolute Gasteiger partial charge is 0.448 e. The van der Waals surface area contributed by atoms with Crippen molar-refractivity contribution in [1.29, 1.82) is 0 Å². The zero-order valence-corrected chi connectivity index (χ0v) is 6.09. The summed E-state index contributed by atoms with van der Waals surface area (Å²) in [7, 11) is 0. The lowest BCUT2D eigenvalue weighted by Crippen LogP contribution is -2.19. The number of hydrogen-bond acceptors (Lipinski definition) is 3. The molecule has 2 N–H and O–H groups in total. The molecule has 0 heterocycles. The van der Waals surface area contributed by atoms with Gasteiger partial charge in [0.25, 0.3) is 0 Å². The molecule has 0 bridgehead atoms. The Morgan fingerprint density at radius 2 is 2.30 bits per heavy atom. The minimum absolute atomic E-state index is 0.597. The standard InChI is InChI=1S/C6H13NO3/c1-2-3-4-5-7-10-6(8)9/h7H,2-5H2,1H3,(H,8,9). The van der Waals surface area contributed by atoms with E-state index in [0.29, 0.717) is 6.54 Å². The first kappa shape index (κ1) is 9.23. The summed E-state index contributed by atoms with van der Waals surface area (Å²) >= 11 is 0. The van der Waals surface area contributed by atoms with Gasteiger partial charge in [0, 0.05) is 6.54 Å². The Hall–Kier alpha value is -0.770. The summed E-state index contributed by atoms with van der Waals surface area (Å²) < 4.78 is 0. The van der Waals surface area contributed by atoms with Crippen molar-refractivity contribution >= 4 is 6.16 Å². The number of nitrogens with one attached hydrogen (secondary N) is 1. The second kappa shape index (κ2) is 6.35. The molecule has 0 aromatic rings. The van der Waals surface area contributed by atoms with Gasteiger partial charge in [-0.15, -0.1) is 0 Å². The molecule has 0 aromatic carbocycles. The van der Waals surface area contributed by atoms with Crippen molar-refractivity contribution in [1.82, 2.24) is 5.48 Å². The van der Waals surface area contributed by atoms with E-state index >= 15 is 0 Å². The molecule has 0 spiro atoms. The summed E-state index contributed by atoms with van der Waals surface area (Å²) in [6.07, 6.45) is 1.88. The molecule has 0 aromatic heterocycles. The van der Waals surface area contributed by atoms with E-state index in [9.17, 15) is 4.79 Å². The van der Waals surface area contributed by atoms with Crippen molar-refractivity contribution < 1.29 is 14.7 Å². The van der Waals surface area contributed by atoms with E-state index in [1.165, 1.54) is 0 Å². The number of rotatable bonds is 5. The Morgan fingerprint density at radius 1 is 1.60 bits per heavy atom. The highest BCUT2D eigenvalue weighted by Gasteiger charge is 1.92. The number of carboxylic acid groups (broad SMARTS) is 1. The molecule has 4 heteroatoms. The SMILES string of the molecule is CCCCCNOC(=O)O. The van der Waals surface area contributed by atoms with E-state index in [2.05, 4.69) is 17.2 Å². The topological polar surface area (TPSA) is 58.6 Å². The van der Waals surface area contributed by atoms with Crippen LogP contribution in [0.4, 0.5) is 4.79 Å². The fourth-order valence-electron chi connectivity index (χ4n) is 0.560. The van der Waals surface area contributed by atoms with Gasteiger partial charge in [0.1, 0.15) is 0 Å². The molecule has 60 valence electrons. The predicted molar refractivity (Wildman–Crippen MR) is 36.6 cm³/mol. The lowest BCUT2D eigenvalue weighted by atomic mass is 10.3. The first-order valence-electron chi connectivity index (χ1n) is 3.40. The lowest BCUT2D eigenvalue weighted by Gasteiger charge is -1.99. The fraction of sp³-hybridized carbons (Fsp3) is 0.833. The number of carbonyl (C=O) groups is 1. The van der Waals surface area contributed by atoms with Gasteiger partial charge in [0.2, 0.25) is 0 Å². The second-order valence-corrected chi connectivity index (χ2v) is 1.97. The minimum atomic E-state index is -1.28. The zero-order valence-electron chi connectivity index (χ0n) is 6.09. The van der Waals surface area contributed by atoms with E-state index < -0.39 is 6.16 Å². The largest absolute Gasteiger partial charge is 0.525 e. The molecule has 10 heavy (non-hydrogen) atoms. The Labute approximate surface area is 60.1 Å². The van der Waals surface area contributed by atoms with Gasteiger partial charge in [-0.1, -0.05) is 19.8 Å². The van der Waals surface area contributed by atoms with Crippen molar-refractivity contribution in [2.75, 3.05) is 6.54 Å². The first-order chi connectivity index (χ1) is 4.77. The summed E-state index contributed by atoms with van der Waals surface area (Å²) in [5.74, 6) is 0. The van der Waals surface area contributed by atoms with Crippen molar-refractivity contribution in [2.45, 2.75) is 26.2 Å². The van der Waals surface area contributed by atoms with Gasteiger partial charge in [0.15, 0.2) is 0 Å². The maximum atomic E-state index is 9.75. The van der Waals surface area contributed by atoms with Crippen molar-refractivity contribution in [3.05, 3.63) is 0 Å². The molecule has 0 saturated carbocycles. The molecular formula is C6H13NO3. The first-order valence-corrected chi connectivity index (χ1v) is 3.40. The molecule has 0 aliphatic heterocycles.